The summed E-state index contributed by atoms with van der Waals surface area (Å²) >= 11 is 0. The maximum atomic E-state index is 11.7. The molecule has 0 fully saturated rings. The summed E-state index contributed by atoms with van der Waals surface area (Å²) in [6, 6.07) is 15.0. The molecule has 0 radical (unpaired) electrons. The van der Waals surface area contributed by atoms with Crippen molar-refractivity contribution < 1.29 is 4.79 Å². The third-order valence-electron chi connectivity index (χ3n) is 3.73. The predicted molar refractivity (Wildman–Crippen MR) is 90.6 cm³/mol. The van der Waals surface area contributed by atoms with Gasteiger partial charge in [-0.3, -0.25) is 14.7 Å². The van der Waals surface area contributed by atoms with E-state index in [0.717, 1.165) is 27.9 Å². The van der Waals surface area contributed by atoms with Crippen LogP contribution in [-0.4, -0.2) is 34.9 Å². The summed E-state index contributed by atoms with van der Waals surface area (Å²) in [7, 11) is 3.66. The lowest BCUT2D eigenvalue weighted by atomic mass is 10.0. The summed E-state index contributed by atoms with van der Waals surface area (Å²) in [6.07, 6.45) is 1.75. The second-order valence-electron chi connectivity index (χ2n) is 5.64. The van der Waals surface area contributed by atoms with E-state index >= 15 is 0 Å². The van der Waals surface area contributed by atoms with Gasteiger partial charge in [-0.25, -0.2) is 4.98 Å². The number of rotatable bonds is 4. The van der Waals surface area contributed by atoms with Gasteiger partial charge in [0.15, 0.2) is 0 Å². The molecule has 0 bridgehead atoms. The molecule has 3 aromatic rings. The highest BCUT2D eigenvalue weighted by atomic mass is 16.1. The molecule has 23 heavy (non-hydrogen) atoms. The average Bonchev–Trinajstić information content (AvgIpc) is 2.54. The summed E-state index contributed by atoms with van der Waals surface area (Å²) < 4.78 is 0. The normalized spacial score (nSPS) is 12.5. The number of carbonyl (C=O) groups excluding carboxylic acids is 1. The Morgan fingerprint density at radius 3 is 2.52 bits per heavy atom. The van der Waals surface area contributed by atoms with Crippen molar-refractivity contribution in [3.8, 4) is 11.3 Å². The second-order valence-corrected chi connectivity index (χ2v) is 5.64. The number of para-hydroxylation sites is 2. The van der Waals surface area contributed by atoms with E-state index in [4.69, 9.17) is 5.73 Å². The van der Waals surface area contributed by atoms with Gasteiger partial charge >= 0.3 is 0 Å². The molecule has 116 valence electrons. The van der Waals surface area contributed by atoms with Crippen molar-refractivity contribution in [2.45, 2.75) is 6.04 Å². The van der Waals surface area contributed by atoms with Crippen LogP contribution in [0.4, 0.5) is 0 Å². The summed E-state index contributed by atoms with van der Waals surface area (Å²) in [4.78, 5) is 22.6. The van der Waals surface area contributed by atoms with Crippen LogP contribution in [0.15, 0.2) is 54.7 Å². The number of fused-ring (bicyclic) bond motifs is 1. The summed E-state index contributed by atoms with van der Waals surface area (Å²) in [6.45, 7) is 0. The molecule has 0 saturated carbocycles. The van der Waals surface area contributed by atoms with Crippen LogP contribution >= 0.6 is 0 Å². The van der Waals surface area contributed by atoms with Crippen molar-refractivity contribution in [2.24, 2.45) is 5.73 Å². The lowest BCUT2D eigenvalue weighted by molar-refractivity contribution is -0.122. The van der Waals surface area contributed by atoms with Gasteiger partial charge in [0, 0.05) is 5.56 Å². The van der Waals surface area contributed by atoms with E-state index < -0.39 is 6.04 Å². The van der Waals surface area contributed by atoms with Gasteiger partial charge in [0.25, 0.3) is 0 Å². The Labute approximate surface area is 134 Å². The van der Waals surface area contributed by atoms with E-state index in [1.54, 1.807) is 11.1 Å². The molecule has 2 aromatic carbocycles. The topological polar surface area (TPSA) is 72.1 Å². The highest BCUT2D eigenvalue weighted by Crippen LogP contribution is 2.25. The van der Waals surface area contributed by atoms with Gasteiger partial charge in [-0.05, 0) is 37.9 Å². The first-order valence-corrected chi connectivity index (χ1v) is 7.34. The average molecular weight is 306 g/mol. The highest BCUT2D eigenvalue weighted by Gasteiger charge is 2.20. The number of amides is 1. The Morgan fingerprint density at radius 1 is 1.09 bits per heavy atom. The van der Waals surface area contributed by atoms with Crippen LogP contribution in [0.2, 0.25) is 0 Å². The van der Waals surface area contributed by atoms with Gasteiger partial charge in [0.1, 0.15) is 6.04 Å². The number of benzene rings is 2. The fourth-order valence-electron chi connectivity index (χ4n) is 2.68. The first-order valence-electron chi connectivity index (χ1n) is 7.34. The number of primary amides is 1. The molecule has 3 rings (SSSR count). The van der Waals surface area contributed by atoms with Crippen molar-refractivity contribution in [3.05, 3.63) is 60.3 Å². The number of likely N-dealkylation sites (N-methyl/N-ethyl adjacent to an activating group) is 1. The number of nitrogens with zero attached hydrogens (tertiary/aromatic N) is 3. The zero-order valence-corrected chi connectivity index (χ0v) is 13.1. The monoisotopic (exact) mass is 306 g/mol. The van der Waals surface area contributed by atoms with E-state index in [0.29, 0.717) is 0 Å². The first-order chi connectivity index (χ1) is 11.1. The van der Waals surface area contributed by atoms with Crippen molar-refractivity contribution in [1.29, 1.82) is 0 Å². The van der Waals surface area contributed by atoms with Crippen molar-refractivity contribution in [1.82, 2.24) is 14.9 Å². The molecular weight excluding hydrogens is 288 g/mol. The largest absolute Gasteiger partial charge is 0.368 e. The van der Waals surface area contributed by atoms with E-state index in [2.05, 4.69) is 9.97 Å². The van der Waals surface area contributed by atoms with E-state index in [1.165, 1.54) is 0 Å². The van der Waals surface area contributed by atoms with E-state index in [-0.39, 0.29) is 5.91 Å². The molecule has 0 saturated heterocycles. The molecule has 0 aliphatic heterocycles. The number of hydrogen-bond acceptors (Lipinski definition) is 4. The van der Waals surface area contributed by atoms with Crippen LogP contribution < -0.4 is 5.73 Å². The van der Waals surface area contributed by atoms with Crippen molar-refractivity contribution in [2.75, 3.05) is 14.1 Å². The molecule has 5 heteroatoms. The van der Waals surface area contributed by atoms with Gasteiger partial charge in [-0.15, -0.1) is 0 Å². The first kappa shape index (κ1) is 15.1. The zero-order chi connectivity index (χ0) is 16.4. The van der Waals surface area contributed by atoms with Gasteiger partial charge in [0.05, 0.1) is 22.9 Å². The Bertz CT molecular complexity index is 860. The van der Waals surface area contributed by atoms with Crippen LogP contribution in [0.5, 0.6) is 0 Å². The predicted octanol–water partition coefficient (Wildman–Crippen LogP) is 2.38. The van der Waals surface area contributed by atoms with Gasteiger partial charge < -0.3 is 5.73 Å². The molecule has 1 heterocycles. The molecule has 1 unspecified atom stereocenters. The number of hydrogen-bond donors (Lipinski definition) is 1. The highest BCUT2D eigenvalue weighted by molar-refractivity contribution is 5.82. The van der Waals surface area contributed by atoms with Crippen molar-refractivity contribution in [3.63, 3.8) is 0 Å². The number of nitrogens with two attached hydrogens (primary N) is 1. The number of carbonyl (C=O) groups is 1. The molecule has 0 spiro atoms. The minimum Gasteiger partial charge on any atom is -0.368 e. The van der Waals surface area contributed by atoms with E-state index in [1.807, 2.05) is 62.6 Å². The van der Waals surface area contributed by atoms with Crippen LogP contribution in [0.25, 0.3) is 22.3 Å². The lowest BCUT2D eigenvalue weighted by Crippen LogP contribution is -2.32. The van der Waals surface area contributed by atoms with Crippen LogP contribution in [0, 0.1) is 0 Å². The molecule has 1 atom stereocenters. The van der Waals surface area contributed by atoms with E-state index in [9.17, 15) is 4.79 Å². The van der Waals surface area contributed by atoms with Crippen LogP contribution in [-0.2, 0) is 4.79 Å². The van der Waals surface area contributed by atoms with Gasteiger partial charge in [-0.2, -0.15) is 0 Å². The molecule has 5 nitrogen and oxygen atoms in total. The Kier molecular flexibility index (Phi) is 4.04. The maximum Gasteiger partial charge on any atom is 0.239 e. The minimum atomic E-state index is -0.469. The fourth-order valence-corrected chi connectivity index (χ4v) is 2.68. The standard InChI is InChI=1S/C18H18N4O/c1-22(2)17(18(19)23)13-7-5-6-12(10-13)16-11-20-14-8-3-4-9-15(14)21-16/h3-11,17H,1-2H3,(H2,19,23). The molecule has 2 N–H and O–H groups in total. The zero-order valence-electron chi connectivity index (χ0n) is 13.1. The summed E-state index contributed by atoms with van der Waals surface area (Å²) in [5.74, 6) is -0.378. The Morgan fingerprint density at radius 2 is 1.83 bits per heavy atom. The molecule has 0 aliphatic carbocycles. The third-order valence-corrected chi connectivity index (χ3v) is 3.73. The Balaban J connectivity index is 2.05. The maximum absolute atomic E-state index is 11.7. The summed E-state index contributed by atoms with van der Waals surface area (Å²) in [5, 5.41) is 0. The summed E-state index contributed by atoms with van der Waals surface area (Å²) in [5.41, 5.74) is 9.75. The smallest absolute Gasteiger partial charge is 0.239 e. The van der Waals surface area contributed by atoms with Crippen LogP contribution in [0.3, 0.4) is 0 Å². The molecule has 1 aromatic heterocycles. The quantitative estimate of drug-likeness (QED) is 0.803. The van der Waals surface area contributed by atoms with Gasteiger partial charge in [-0.1, -0.05) is 30.3 Å². The molecular formula is C18H18N4O. The van der Waals surface area contributed by atoms with Gasteiger partial charge in [0.2, 0.25) is 5.91 Å². The minimum absolute atomic E-state index is 0.378. The third kappa shape index (κ3) is 3.05. The lowest BCUT2D eigenvalue weighted by Gasteiger charge is -2.21. The van der Waals surface area contributed by atoms with Crippen LogP contribution in [0.1, 0.15) is 11.6 Å². The molecule has 0 aliphatic rings. The SMILES string of the molecule is CN(C)C(C(N)=O)c1cccc(-c2cnc3ccccc3n2)c1. The fraction of sp³-hybridized carbons (Fsp3) is 0.167. The second kappa shape index (κ2) is 6.14. The Hall–Kier alpha value is -2.79. The van der Waals surface area contributed by atoms with Crippen molar-refractivity contribution >= 4 is 16.9 Å². The number of aromatic nitrogens is 2. The molecule has 1 amide bonds.